The zero-order valence-corrected chi connectivity index (χ0v) is 21.7. The molecule has 0 spiro atoms. The van der Waals surface area contributed by atoms with Gasteiger partial charge in [0.05, 0.1) is 25.4 Å². The first-order valence-corrected chi connectivity index (χ1v) is 14.0. The Bertz CT molecular complexity index is 1550. The lowest BCUT2D eigenvalue weighted by atomic mass is 9.85. The van der Waals surface area contributed by atoms with Gasteiger partial charge in [-0.15, -0.1) is 11.3 Å². The molecule has 1 aromatic heterocycles. The van der Waals surface area contributed by atoms with Crippen molar-refractivity contribution in [2.75, 3.05) is 0 Å². The number of fused-ring (bicyclic) bond motifs is 4. The summed E-state index contributed by atoms with van der Waals surface area (Å²) in [7, 11) is 0. The highest BCUT2D eigenvalue weighted by Gasteiger charge is 2.60. The van der Waals surface area contributed by atoms with Crippen LogP contribution in [0.15, 0.2) is 101 Å². The number of aliphatic imine (C=N–C) groups is 2. The molecule has 0 saturated carbocycles. The van der Waals surface area contributed by atoms with E-state index < -0.39 is 0 Å². The molecule has 0 unspecified atom stereocenters. The number of thioether (sulfide) groups is 2. The van der Waals surface area contributed by atoms with E-state index in [1.165, 1.54) is 0 Å². The second kappa shape index (κ2) is 7.79. The van der Waals surface area contributed by atoms with Crippen molar-refractivity contribution in [3.05, 3.63) is 112 Å². The average molecular weight is 508 g/mol. The van der Waals surface area contributed by atoms with E-state index in [9.17, 15) is 0 Å². The summed E-state index contributed by atoms with van der Waals surface area (Å²) in [5.74, 6) is 0. The lowest BCUT2D eigenvalue weighted by Gasteiger charge is -2.41. The molecule has 0 radical (unpaired) electrons. The molecule has 3 nitrogen and oxygen atoms in total. The van der Waals surface area contributed by atoms with E-state index in [1.54, 1.807) is 11.3 Å². The first kappa shape index (κ1) is 21.4. The molecule has 3 aromatic carbocycles. The summed E-state index contributed by atoms with van der Waals surface area (Å²) < 4.78 is 0.578. The molecule has 7 rings (SSSR count). The molecule has 2 aliphatic heterocycles. The minimum absolute atomic E-state index is 0.272. The summed E-state index contributed by atoms with van der Waals surface area (Å²) in [6.45, 7) is 4.67. The predicted molar refractivity (Wildman–Crippen MR) is 152 cm³/mol. The van der Waals surface area contributed by atoms with Crippen LogP contribution in [0.1, 0.15) is 25.0 Å². The van der Waals surface area contributed by atoms with Gasteiger partial charge in [0.15, 0.2) is 0 Å². The van der Waals surface area contributed by atoms with Gasteiger partial charge in [0.2, 0.25) is 0 Å². The minimum Gasteiger partial charge on any atom is -0.243 e. The molecule has 0 N–H and O–H groups in total. The second-order valence-electron chi connectivity index (χ2n) is 9.10. The fourth-order valence-corrected chi connectivity index (χ4v) is 9.00. The molecule has 3 heterocycles. The zero-order valence-electron chi connectivity index (χ0n) is 19.2. The van der Waals surface area contributed by atoms with Crippen LogP contribution < -0.4 is 9.88 Å². The molecular weight excluding hydrogens is 487 g/mol. The van der Waals surface area contributed by atoms with E-state index >= 15 is 0 Å². The van der Waals surface area contributed by atoms with Crippen LogP contribution in [0.25, 0.3) is 22.0 Å². The molecule has 6 heteroatoms. The minimum atomic E-state index is -0.298. The van der Waals surface area contributed by atoms with Crippen molar-refractivity contribution in [1.29, 1.82) is 0 Å². The molecule has 1 aliphatic carbocycles. The number of thiazole rings is 1. The first-order valence-electron chi connectivity index (χ1n) is 11.5. The Hall–Kier alpha value is -2.93. The summed E-state index contributed by atoms with van der Waals surface area (Å²) in [4.78, 5) is 15.7. The van der Waals surface area contributed by atoms with Crippen molar-refractivity contribution < 1.29 is 0 Å². The van der Waals surface area contributed by atoms with Gasteiger partial charge >= 0.3 is 0 Å². The molecule has 35 heavy (non-hydrogen) atoms. The number of nitrogens with zero attached hydrogens (tertiary/aromatic N) is 3. The maximum absolute atomic E-state index is 5.29. The number of hydrogen-bond acceptors (Lipinski definition) is 6. The highest BCUT2D eigenvalue weighted by atomic mass is 32.2. The number of hydrogen-bond donors (Lipinski definition) is 0. The van der Waals surface area contributed by atoms with Gasteiger partial charge in [-0.1, -0.05) is 115 Å². The Morgan fingerprint density at radius 2 is 1.03 bits per heavy atom. The Morgan fingerprint density at radius 1 is 0.571 bits per heavy atom. The maximum atomic E-state index is 5.29. The van der Waals surface area contributed by atoms with E-state index in [2.05, 4.69) is 98.8 Å². The topological polar surface area (TPSA) is 37.6 Å². The highest BCUT2D eigenvalue weighted by molar-refractivity contribution is 8.20. The molecule has 4 aromatic rings. The summed E-state index contributed by atoms with van der Waals surface area (Å²) >= 11 is 5.46. The fraction of sp³-hybridized carbons (Fsp3) is 0.138. The van der Waals surface area contributed by atoms with Gasteiger partial charge in [0.25, 0.3) is 0 Å². The molecule has 170 valence electrons. The van der Waals surface area contributed by atoms with Crippen LogP contribution in [0, 0.1) is 0 Å². The van der Waals surface area contributed by atoms with Crippen molar-refractivity contribution in [1.82, 2.24) is 4.98 Å². The standard InChI is InChI=1S/C29H21N3S3/c1-28-23(31-26(34-28)19-14-8-4-9-15-19)21-22(33-25(30-21)18-12-6-3-7-13-18)24-29(28,2)35-27(32-24)20-16-10-5-11-17-20/h3-17H,1-2H3/t28-,29-/m1/s1. The van der Waals surface area contributed by atoms with E-state index in [0.717, 1.165) is 53.1 Å². The lowest BCUT2D eigenvalue weighted by Crippen LogP contribution is -2.53. The highest BCUT2D eigenvalue weighted by Crippen LogP contribution is 2.62. The average Bonchev–Trinajstić information content (AvgIpc) is 3.60. The largest absolute Gasteiger partial charge is 0.243 e. The third-order valence-corrected chi connectivity index (χ3v) is 11.3. The number of aromatic nitrogens is 1. The molecule has 0 saturated heterocycles. The van der Waals surface area contributed by atoms with Gasteiger partial charge in [-0.2, -0.15) is 0 Å². The summed E-state index contributed by atoms with van der Waals surface area (Å²) in [6.07, 6.45) is 0. The Kier molecular flexibility index (Phi) is 4.75. The Balaban J connectivity index is 1.53. The van der Waals surface area contributed by atoms with Crippen LogP contribution in [-0.2, 0) is 0 Å². The van der Waals surface area contributed by atoms with Crippen LogP contribution in [-0.4, -0.2) is 24.6 Å². The monoisotopic (exact) mass is 507 g/mol. The third-order valence-electron chi connectivity index (χ3n) is 6.97. The van der Waals surface area contributed by atoms with Crippen molar-refractivity contribution >= 4 is 56.3 Å². The number of benzene rings is 3. The molecule has 3 aliphatic rings. The smallest absolute Gasteiger partial charge is 0.124 e. The Morgan fingerprint density at radius 3 is 1.57 bits per heavy atom. The lowest BCUT2D eigenvalue weighted by molar-refractivity contribution is 0.671. The third kappa shape index (κ3) is 3.10. The van der Waals surface area contributed by atoms with Crippen molar-refractivity contribution in [2.45, 2.75) is 23.3 Å². The van der Waals surface area contributed by atoms with Crippen molar-refractivity contribution in [3.63, 3.8) is 0 Å². The normalized spacial score (nSPS) is 24.5. The Labute approximate surface area is 216 Å². The van der Waals surface area contributed by atoms with Gasteiger partial charge in [-0.3, -0.25) is 0 Å². The van der Waals surface area contributed by atoms with Crippen LogP contribution >= 0.6 is 34.9 Å². The van der Waals surface area contributed by atoms with E-state index in [0.29, 0.717) is 0 Å². The van der Waals surface area contributed by atoms with Gasteiger partial charge in [0, 0.05) is 16.7 Å². The molecular formula is C29H21N3S3. The van der Waals surface area contributed by atoms with Crippen LogP contribution in [0.5, 0.6) is 0 Å². The molecule has 0 amide bonds. The van der Waals surface area contributed by atoms with Gasteiger partial charge in [0.1, 0.15) is 20.4 Å². The van der Waals surface area contributed by atoms with E-state index in [1.807, 2.05) is 29.6 Å². The van der Waals surface area contributed by atoms with Crippen LogP contribution in [0.3, 0.4) is 0 Å². The fourth-order valence-electron chi connectivity index (χ4n) is 4.89. The molecule has 0 fully saturated rings. The predicted octanol–water partition coefficient (Wildman–Crippen LogP) is 5.94. The van der Waals surface area contributed by atoms with Crippen LogP contribution in [0.2, 0.25) is 0 Å². The number of rotatable bonds is 3. The summed E-state index contributed by atoms with van der Waals surface area (Å²) in [5.41, 5.74) is 5.63. The summed E-state index contributed by atoms with van der Waals surface area (Å²) in [5, 5.41) is 4.13. The quantitative estimate of drug-likeness (QED) is 0.344. The first-order chi connectivity index (χ1) is 17.1. The van der Waals surface area contributed by atoms with E-state index in [-0.39, 0.29) is 9.49 Å². The maximum Gasteiger partial charge on any atom is 0.124 e. The zero-order chi connectivity index (χ0) is 23.6. The van der Waals surface area contributed by atoms with Gasteiger partial charge in [-0.05, 0) is 13.8 Å². The summed E-state index contributed by atoms with van der Waals surface area (Å²) in [6, 6.07) is 31.5. The second-order valence-corrected chi connectivity index (χ2v) is 12.9. The van der Waals surface area contributed by atoms with E-state index in [4.69, 9.17) is 15.0 Å². The van der Waals surface area contributed by atoms with Crippen molar-refractivity contribution in [2.24, 2.45) is 9.98 Å². The molecule has 2 atom stereocenters. The SMILES string of the molecule is C[C@@]12SC(c3ccccc3)=NC1=c1nc(-c3ccccc3)sc1=C1N=C(c3ccccc3)S[C@]12C. The van der Waals surface area contributed by atoms with Crippen molar-refractivity contribution in [3.8, 4) is 10.6 Å². The van der Waals surface area contributed by atoms with Crippen LogP contribution in [0.4, 0.5) is 0 Å². The van der Waals surface area contributed by atoms with Gasteiger partial charge in [-0.25, -0.2) is 15.0 Å². The molecule has 0 bridgehead atoms. The van der Waals surface area contributed by atoms with Gasteiger partial charge < -0.3 is 0 Å².